The molecule has 1 unspecified atom stereocenters. The van der Waals surface area contributed by atoms with Crippen LogP contribution in [0.25, 0.3) is 5.95 Å². The fourth-order valence-corrected chi connectivity index (χ4v) is 2.05. The van der Waals surface area contributed by atoms with Gasteiger partial charge in [-0.25, -0.2) is 4.68 Å². The third kappa shape index (κ3) is 4.95. The van der Waals surface area contributed by atoms with Gasteiger partial charge < -0.3 is 10.4 Å². The van der Waals surface area contributed by atoms with E-state index in [1.54, 1.807) is 18.5 Å². The molecular formula is C13H19ClN6O. The number of aromatic nitrogens is 5. The Kier molecular flexibility index (Phi) is 4.74. The monoisotopic (exact) mass is 310 g/mol. The molecule has 2 rings (SSSR count). The van der Waals surface area contributed by atoms with Gasteiger partial charge in [0.05, 0.1) is 6.10 Å². The van der Waals surface area contributed by atoms with Crippen LogP contribution in [0, 0.1) is 5.41 Å². The summed E-state index contributed by atoms with van der Waals surface area (Å²) in [6, 6.07) is 1.76. The van der Waals surface area contributed by atoms with Crippen LogP contribution in [-0.4, -0.2) is 42.5 Å². The van der Waals surface area contributed by atoms with Crippen molar-refractivity contribution in [1.82, 2.24) is 24.7 Å². The van der Waals surface area contributed by atoms with Gasteiger partial charge >= 0.3 is 0 Å². The van der Waals surface area contributed by atoms with Crippen molar-refractivity contribution in [2.75, 3.05) is 11.9 Å². The summed E-state index contributed by atoms with van der Waals surface area (Å²) in [5, 5.41) is 17.1. The molecule has 2 aromatic rings. The van der Waals surface area contributed by atoms with Gasteiger partial charge in [-0.05, 0) is 29.5 Å². The standard InChI is InChI=1S/C13H19ClN6O/c1-13(2,3)7-9(21)8-15-11-17-10(14)18-12(19-11)20-6-4-5-16-20/h4-6,9,21H,7-8H2,1-3H3,(H,15,17,18,19). The number of anilines is 1. The lowest BCUT2D eigenvalue weighted by Crippen LogP contribution is -2.26. The summed E-state index contributed by atoms with van der Waals surface area (Å²) in [5.74, 6) is 0.640. The van der Waals surface area contributed by atoms with Crippen molar-refractivity contribution in [2.45, 2.75) is 33.3 Å². The van der Waals surface area contributed by atoms with Crippen molar-refractivity contribution < 1.29 is 5.11 Å². The molecule has 0 aliphatic rings. The molecule has 1 atom stereocenters. The summed E-state index contributed by atoms with van der Waals surface area (Å²) in [6.07, 6.45) is 3.51. The Morgan fingerprint density at radius 3 is 2.71 bits per heavy atom. The van der Waals surface area contributed by atoms with Gasteiger partial charge in [0.15, 0.2) is 0 Å². The second-order valence-electron chi connectivity index (χ2n) is 5.98. The van der Waals surface area contributed by atoms with Crippen LogP contribution < -0.4 is 5.32 Å². The maximum absolute atomic E-state index is 9.98. The quantitative estimate of drug-likeness (QED) is 0.877. The summed E-state index contributed by atoms with van der Waals surface area (Å²) < 4.78 is 1.49. The predicted octanol–water partition coefficient (Wildman–Crippen LogP) is 1.92. The van der Waals surface area contributed by atoms with Gasteiger partial charge in [-0.2, -0.15) is 20.1 Å². The first-order valence-electron chi connectivity index (χ1n) is 6.67. The van der Waals surface area contributed by atoms with Crippen LogP contribution in [0.2, 0.25) is 5.28 Å². The van der Waals surface area contributed by atoms with E-state index in [0.717, 1.165) is 0 Å². The van der Waals surface area contributed by atoms with Crippen molar-refractivity contribution in [3.8, 4) is 5.95 Å². The van der Waals surface area contributed by atoms with Crippen LogP contribution in [0.4, 0.5) is 5.95 Å². The van der Waals surface area contributed by atoms with Crippen molar-refractivity contribution in [2.24, 2.45) is 5.41 Å². The molecule has 0 aliphatic heterocycles. The molecule has 8 heteroatoms. The lowest BCUT2D eigenvalue weighted by molar-refractivity contribution is 0.132. The first kappa shape index (κ1) is 15.7. The predicted molar refractivity (Wildman–Crippen MR) is 80.5 cm³/mol. The second kappa shape index (κ2) is 6.36. The highest BCUT2D eigenvalue weighted by molar-refractivity contribution is 6.28. The molecule has 0 spiro atoms. The van der Waals surface area contributed by atoms with Gasteiger partial charge in [-0.1, -0.05) is 20.8 Å². The molecule has 7 nitrogen and oxygen atoms in total. The molecule has 0 saturated heterocycles. The van der Waals surface area contributed by atoms with E-state index in [2.05, 4.69) is 46.1 Å². The molecule has 2 N–H and O–H groups in total. The van der Waals surface area contributed by atoms with Crippen molar-refractivity contribution in [3.63, 3.8) is 0 Å². The van der Waals surface area contributed by atoms with E-state index in [1.807, 2.05) is 0 Å². The zero-order valence-electron chi connectivity index (χ0n) is 12.3. The number of hydrogen-bond acceptors (Lipinski definition) is 6. The minimum Gasteiger partial charge on any atom is -0.391 e. The molecule has 0 radical (unpaired) electrons. The van der Waals surface area contributed by atoms with Gasteiger partial charge in [0.25, 0.3) is 5.95 Å². The van der Waals surface area contributed by atoms with Crippen LogP contribution in [0.3, 0.4) is 0 Å². The fourth-order valence-electron chi connectivity index (χ4n) is 1.90. The van der Waals surface area contributed by atoms with Gasteiger partial charge in [-0.3, -0.25) is 0 Å². The number of aliphatic hydroxyl groups is 1. The lowest BCUT2D eigenvalue weighted by atomic mass is 9.89. The zero-order chi connectivity index (χ0) is 15.5. The molecule has 21 heavy (non-hydrogen) atoms. The van der Waals surface area contributed by atoms with Crippen LogP contribution in [-0.2, 0) is 0 Å². The zero-order valence-corrected chi connectivity index (χ0v) is 13.0. The molecule has 0 saturated carbocycles. The molecule has 2 aromatic heterocycles. The highest BCUT2D eigenvalue weighted by Crippen LogP contribution is 2.20. The van der Waals surface area contributed by atoms with Gasteiger partial charge in [-0.15, -0.1) is 0 Å². The SMILES string of the molecule is CC(C)(C)CC(O)CNc1nc(Cl)nc(-n2cccn2)n1. The van der Waals surface area contributed by atoms with Crippen molar-refractivity contribution >= 4 is 17.5 Å². The Hall–Kier alpha value is -1.73. The van der Waals surface area contributed by atoms with Gasteiger partial charge in [0.2, 0.25) is 11.2 Å². The van der Waals surface area contributed by atoms with Crippen molar-refractivity contribution in [1.29, 1.82) is 0 Å². The normalized spacial score (nSPS) is 13.2. The van der Waals surface area contributed by atoms with Gasteiger partial charge in [0.1, 0.15) is 0 Å². The smallest absolute Gasteiger partial charge is 0.256 e. The third-order valence-electron chi connectivity index (χ3n) is 2.65. The summed E-state index contributed by atoms with van der Waals surface area (Å²) in [7, 11) is 0. The Labute approximate surface area is 128 Å². The average Bonchev–Trinajstić information content (AvgIpc) is 2.87. The Balaban J connectivity index is 2.04. The fraction of sp³-hybridized carbons (Fsp3) is 0.538. The van der Waals surface area contributed by atoms with E-state index >= 15 is 0 Å². The van der Waals surface area contributed by atoms with E-state index in [0.29, 0.717) is 24.9 Å². The average molecular weight is 311 g/mol. The minimum atomic E-state index is -0.492. The summed E-state index contributed by atoms with van der Waals surface area (Å²) >= 11 is 5.88. The highest BCUT2D eigenvalue weighted by atomic mass is 35.5. The first-order chi connectivity index (χ1) is 9.83. The first-order valence-corrected chi connectivity index (χ1v) is 7.05. The third-order valence-corrected chi connectivity index (χ3v) is 2.82. The molecule has 0 bridgehead atoms. The van der Waals surface area contributed by atoms with Gasteiger partial charge in [0, 0.05) is 18.9 Å². The summed E-state index contributed by atoms with van der Waals surface area (Å²) in [5.41, 5.74) is 0.0536. The molecule has 114 valence electrons. The Bertz CT molecular complexity index is 581. The van der Waals surface area contributed by atoms with Crippen LogP contribution in [0.5, 0.6) is 0 Å². The number of nitrogens with one attached hydrogen (secondary N) is 1. The van der Waals surface area contributed by atoms with E-state index in [1.165, 1.54) is 4.68 Å². The second-order valence-corrected chi connectivity index (χ2v) is 6.32. The minimum absolute atomic E-state index is 0.0536. The molecule has 0 aliphatic carbocycles. The lowest BCUT2D eigenvalue weighted by Gasteiger charge is -2.22. The van der Waals surface area contributed by atoms with Crippen LogP contribution in [0.1, 0.15) is 27.2 Å². The number of hydrogen-bond donors (Lipinski definition) is 2. The number of aliphatic hydroxyl groups excluding tert-OH is 1. The van der Waals surface area contributed by atoms with E-state index in [4.69, 9.17) is 11.6 Å². The maximum Gasteiger partial charge on any atom is 0.256 e. The van der Waals surface area contributed by atoms with Crippen LogP contribution in [0.15, 0.2) is 18.5 Å². The topological polar surface area (TPSA) is 88.8 Å². The van der Waals surface area contributed by atoms with Crippen LogP contribution >= 0.6 is 11.6 Å². The molecule has 0 aromatic carbocycles. The van der Waals surface area contributed by atoms with E-state index in [-0.39, 0.29) is 10.7 Å². The molecule has 0 amide bonds. The van der Waals surface area contributed by atoms with Crippen molar-refractivity contribution in [3.05, 3.63) is 23.7 Å². The number of halogens is 1. The number of nitrogens with zero attached hydrogens (tertiary/aromatic N) is 5. The molecule has 0 fully saturated rings. The highest BCUT2D eigenvalue weighted by Gasteiger charge is 2.17. The molecule has 2 heterocycles. The maximum atomic E-state index is 9.98. The van der Waals surface area contributed by atoms with E-state index < -0.39 is 6.10 Å². The summed E-state index contributed by atoms with van der Waals surface area (Å²) in [4.78, 5) is 12.2. The number of rotatable bonds is 5. The molecular weight excluding hydrogens is 292 g/mol. The largest absolute Gasteiger partial charge is 0.391 e. The Morgan fingerprint density at radius 2 is 2.10 bits per heavy atom. The summed E-state index contributed by atoms with van der Waals surface area (Å²) in [6.45, 7) is 6.57. The Morgan fingerprint density at radius 1 is 1.33 bits per heavy atom. The van der Waals surface area contributed by atoms with E-state index in [9.17, 15) is 5.11 Å².